The van der Waals surface area contributed by atoms with Crippen LogP contribution in [0.3, 0.4) is 0 Å². The third kappa shape index (κ3) is 4.39. The number of rotatable bonds is 5. The molecule has 0 bridgehead atoms. The highest BCUT2D eigenvalue weighted by Crippen LogP contribution is 2.31. The number of halogens is 1. The van der Waals surface area contributed by atoms with Crippen molar-refractivity contribution in [3.8, 4) is 5.75 Å². The van der Waals surface area contributed by atoms with Crippen LogP contribution in [0.4, 0.5) is 4.39 Å². The van der Waals surface area contributed by atoms with Crippen molar-refractivity contribution < 1.29 is 18.7 Å². The summed E-state index contributed by atoms with van der Waals surface area (Å²) in [5, 5.41) is 3.26. The Morgan fingerprint density at radius 1 is 1.21 bits per heavy atom. The van der Waals surface area contributed by atoms with Gasteiger partial charge in [0.1, 0.15) is 11.6 Å². The molecule has 1 heterocycles. The van der Waals surface area contributed by atoms with E-state index in [-0.39, 0.29) is 5.82 Å². The normalized spacial score (nSPS) is 17.9. The number of esters is 1. The summed E-state index contributed by atoms with van der Waals surface area (Å²) in [4.78, 5) is 18.9. The van der Waals surface area contributed by atoms with Crippen LogP contribution in [0, 0.1) is 5.82 Å². The average Bonchev–Trinajstić information content (AvgIpc) is 2.74. The van der Waals surface area contributed by atoms with E-state index in [9.17, 15) is 9.18 Å². The summed E-state index contributed by atoms with van der Waals surface area (Å²) in [5.41, 5.74) is 2.74. The minimum atomic E-state index is -0.566. The van der Waals surface area contributed by atoms with Gasteiger partial charge in [-0.1, -0.05) is 24.3 Å². The van der Waals surface area contributed by atoms with Crippen LogP contribution in [0.1, 0.15) is 24.1 Å². The average molecular weight is 397 g/mol. The molecule has 0 aliphatic carbocycles. The van der Waals surface area contributed by atoms with Crippen molar-refractivity contribution in [1.29, 1.82) is 0 Å². The number of nitrogens with zero attached hydrogens (tertiary/aromatic N) is 2. The predicted octanol–water partition coefficient (Wildman–Crippen LogP) is 3.41. The lowest BCUT2D eigenvalue weighted by molar-refractivity contribution is -0.136. The number of ether oxygens (including phenoxy) is 2. The molecule has 0 fully saturated rings. The number of allylic oxidation sites excluding steroid dienone is 1. The van der Waals surface area contributed by atoms with Gasteiger partial charge in [0.05, 0.1) is 32.4 Å². The maximum absolute atomic E-state index is 13.8. The zero-order chi connectivity index (χ0) is 21.0. The molecule has 0 amide bonds. The number of hydrogen-bond donors (Lipinski definition) is 1. The number of methoxy groups -OCH3 is 2. The van der Waals surface area contributed by atoms with Crippen LogP contribution in [-0.4, -0.2) is 38.1 Å². The molecule has 152 valence electrons. The SMILES string of the molecule is COC(=O)C1=C(C)N(C)C(=NCc2ccc(OC)cc2)NC1c1cccc(F)c1. The lowest BCUT2D eigenvalue weighted by Gasteiger charge is -2.35. The first-order chi connectivity index (χ1) is 13.9. The summed E-state index contributed by atoms with van der Waals surface area (Å²) < 4.78 is 24.0. The number of nitrogens with one attached hydrogen (secondary N) is 1. The number of carbonyl (C=O) groups excluding carboxylic acids is 1. The number of aliphatic imine (C=N–C) groups is 1. The van der Waals surface area contributed by atoms with Gasteiger partial charge in [0.25, 0.3) is 0 Å². The van der Waals surface area contributed by atoms with Gasteiger partial charge >= 0.3 is 5.97 Å². The van der Waals surface area contributed by atoms with Crippen LogP contribution in [0.2, 0.25) is 0 Å². The molecule has 0 spiro atoms. The van der Waals surface area contributed by atoms with Gasteiger partial charge in [-0.2, -0.15) is 0 Å². The summed E-state index contributed by atoms with van der Waals surface area (Å²) in [6, 6.07) is 13.2. The van der Waals surface area contributed by atoms with E-state index in [0.29, 0.717) is 29.3 Å². The monoisotopic (exact) mass is 397 g/mol. The van der Waals surface area contributed by atoms with Gasteiger partial charge in [-0.25, -0.2) is 14.2 Å². The second kappa shape index (κ2) is 8.77. The van der Waals surface area contributed by atoms with E-state index in [0.717, 1.165) is 11.3 Å². The third-order valence-electron chi connectivity index (χ3n) is 4.93. The number of guanidine groups is 1. The molecular weight excluding hydrogens is 373 g/mol. The van der Waals surface area contributed by atoms with Crippen molar-refractivity contribution in [2.45, 2.75) is 19.5 Å². The van der Waals surface area contributed by atoms with E-state index >= 15 is 0 Å². The topological polar surface area (TPSA) is 63.2 Å². The van der Waals surface area contributed by atoms with Gasteiger partial charge < -0.3 is 19.7 Å². The Hall–Kier alpha value is -3.35. The Morgan fingerprint density at radius 2 is 1.93 bits per heavy atom. The highest BCUT2D eigenvalue weighted by molar-refractivity contribution is 5.96. The quantitative estimate of drug-likeness (QED) is 0.784. The van der Waals surface area contributed by atoms with Gasteiger partial charge in [-0.15, -0.1) is 0 Å². The van der Waals surface area contributed by atoms with Crippen molar-refractivity contribution in [2.24, 2.45) is 4.99 Å². The van der Waals surface area contributed by atoms with E-state index in [1.807, 2.05) is 38.2 Å². The Bertz CT molecular complexity index is 954. The summed E-state index contributed by atoms with van der Waals surface area (Å²) in [6.45, 7) is 2.26. The number of carbonyl (C=O) groups is 1. The minimum Gasteiger partial charge on any atom is -0.497 e. The van der Waals surface area contributed by atoms with E-state index in [1.54, 1.807) is 24.1 Å². The molecule has 2 aromatic carbocycles. The molecule has 1 atom stereocenters. The molecule has 7 heteroatoms. The summed E-state index contributed by atoms with van der Waals surface area (Å²) in [6.07, 6.45) is 0. The Labute approximate surface area is 169 Å². The molecule has 0 saturated heterocycles. The van der Waals surface area contributed by atoms with Crippen molar-refractivity contribution in [1.82, 2.24) is 10.2 Å². The zero-order valence-corrected chi connectivity index (χ0v) is 16.9. The second-order valence-corrected chi connectivity index (χ2v) is 6.67. The summed E-state index contributed by atoms with van der Waals surface area (Å²) >= 11 is 0. The van der Waals surface area contributed by atoms with E-state index in [4.69, 9.17) is 9.47 Å². The number of benzene rings is 2. The lowest BCUT2D eigenvalue weighted by atomic mass is 9.95. The minimum absolute atomic E-state index is 0.373. The fourth-order valence-electron chi connectivity index (χ4n) is 3.21. The van der Waals surface area contributed by atoms with Crippen molar-refractivity contribution >= 4 is 11.9 Å². The van der Waals surface area contributed by atoms with E-state index < -0.39 is 12.0 Å². The van der Waals surface area contributed by atoms with Crippen molar-refractivity contribution in [3.63, 3.8) is 0 Å². The van der Waals surface area contributed by atoms with Crippen LogP contribution < -0.4 is 10.1 Å². The fourth-order valence-corrected chi connectivity index (χ4v) is 3.21. The Balaban J connectivity index is 1.95. The number of hydrogen-bond acceptors (Lipinski definition) is 4. The van der Waals surface area contributed by atoms with Gasteiger partial charge in [0.15, 0.2) is 5.96 Å². The predicted molar refractivity (Wildman–Crippen MR) is 109 cm³/mol. The van der Waals surface area contributed by atoms with Crippen LogP contribution >= 0.6 is 0 Å². The van der Waals surface area contributed by atoms with Gasteiger partial charge in [-0.05, 0) is 42.3 Å². The van der Waals surface area contributed by atoms with Crippen molar-refractivity contribution in [3.05, 3.63) is 76.7 Å². The Morgan fingerprint density at radius 3 is 2.55 bits per heavy atom. The van der Waals surface area contributed by atoms with Gasteiger partial charge in [0, 0.05) is 12.7 Å². The van der Waals surface area contributed by atoms with Crippen LogP contribution in [-0.2, 0) is 16.1 Å². The molecule has 6 nitrogen and oxygen atoms in total. The maximum Gasteiger partial charge on any atom is 0.337 e. The molecule has 2 aromatic rings. The van der Waals surface area contributed by atoms with E-state index in [2.05, 4.69) is 10.3 Å². The molecule has 0 saturated carbocycles. The molecule has 1 unspecified atom stereocenters. The maximum atomic E-state index is 13.8. The van der Waals surface area contributed by atoms with Crippen molar-refractivity contribution in [2.75, 3.05) is 21.3 Å². The molecule has 1 N–H and O–H groups in total. The first-order valence-electron chi connectivity index (χ1n) is 9.16. The highest BCUT2D eigenvalue weighted by atomic mass is 19.1. The zero-order valence-electron chi connectivity index (χ0n) is 16.9. The smallest absolute Gasteiger partial charge is 0.337 e. The first kappa shape index (κ1) is 20.4. The molecule has 29 heavy (non-hydrogen) atoms. The molecular formula is C22H24FN3O3. The summed E-state index contributed by atoms with van der Waals surface area (Å²) in [7, 11) is 4.77. The Kier molecular flexibility index (Phi) is 6.16. The molecule has 1 aliphatic heterocycles. The molecule has 0 aromatic heterocycles. The standard InChI is InChI=1S/C22H24FN3O3/c1-14-19(21(27)29-4)20(16-6-5-7-17(23)12-16)25-22(26(14)2)24-13-15-8-10-18(28-3)11-9-15/h5-12,20H,13H2,1-4H3,(H,24,25). The van der Waals surface area contributed by atoms with Crippen LogP contribution in [0.5, 0.6) is 5.75 Å². The lowest BCUT2D eigenvalue weighted by Crippen LogP contribution is -2.47. The van der Waals surface area contributed by atoms with Gasteiger partial charge in [-0.3, -0.25) is 0 Å². The fraction of sp³-hybridized carbons (Fsp3) is 0.273. The molecule has 1 aliphatic rings. The second-order valence-electron chi connectivity index (χ2n) is 6.67. The third-order valence-corrected chi connectivity index (χ3v) is 4.93. The molecule has 0 radical (unpaired) electrons. The molecule has 3 rings (SSSR count). The highest BCUT2D eigenvalue weighted by Gasteiger charge is 2.33. The largest absolute Gasteiger partial charge is 0.497 e. The summed E-state index contributed by atoms with van der Waals surface area (Å²) in [5.74, 6) is 0.523. The van der Waals surface area contributed by atoms with Gasteiger partial charge in [0.2, 0.25) is 0 Å². The van der Waals surface area contributed by atoms with E-state index in [1.165, 1.54) is 19.2 Å². The first-order valence-corrected chi connectivity index (χ1v) is 9.16. The van der Waals surface area contributed by atoms with Crippen LogP contribution in [0.25, 0.3) is 0 Å². The van der Waals surface area contributed by atoms with Crippen LogP contribution in [0.15, 0.2) is 64.8 Å².